The number of amides is 1. The Hall–Kier alpha value is -1.72. The van der Waals surface area contributed by atoms with Crippen LogP contribution in [0.1, 0.15) is 41.8 Å². The molecule has 138 valence electrons. The second-order valence-electron chi connectivity index (χ2n) is 7.67. The van der Waals surface area contributed by atoms with Gasteiger partial charge in [-0.1, -0.05) is 36.0 Å². The molecule has 0 bridgehead atoms. The average Bonchev–Trinajstić information content (AvgIpc) is 2.67. The molecule has 1 aromatic carbocycles. The van der Waals surface area contributed by atoms with Gasteiger partial charge in [-0.05, 0) is 62.2 Å². The first-order valence-electron chi connectivity index (χ1n) is 9.66. The van der Waals surface area contributed by atoms with Crippen LogP contribution in [0.4, 0.5) is 0 Å². The molecule has 3 heterocycles. The van der Waals surface area contributed by atoms with Crippen LogP contribution in [0.5, 0.6) is 0 Å². The van der Waals surface area contributed by atoms with Crippen molar-refractivity contribution in [3.05, 3.63) is 44.7 Å². The van der Waals surface area contributed by atoms with E-state index in [0.29, 0.717) is 22.2 Å². The molecule has 26 heavy (non-hydrogen) atoms. The molecule has 2 aromatic rings. The molecule has 0 radical (unpaired) electrons. The van der Waals surface area contributed by atoms with Crippen LogP contribution in [0.25, 0.3) is 10.8 Å². The highest BCUT2D eigenvalue weighted by molar-refractivity contribution is 7.12. The van der Waals surface area contributed by atoms with Gasteiger partial charge < -0.3 is 9.80 Å². The Morgan fingerprint density at radius 1 is 1.19 bits per heavy atom. The monoisotopic (exact) mass is 370 g/mol. The number of carbonyl (C=O) groups is 1. The van der Waals surface area contributed by atoms with Crippen molar-refractivity contribution < 1.29 is 4.79 Å². The zero-order chi connectivity index (χ0) is 18.1. The maximum Gasteiger partial charge on any atom is 0.263 e. The van der Waals surface area contributed by atoms with E-state index in [2.05, 4.69) is 4.90 Å². The lowest BCUT2D eigenvalue weighted by Crippen LogP contribution is -2.51. The van der Waals surface area contributed by atoms with Crippen LogP contribution < -0.4 is 4.74 Å². The summed E-state index contributed by atoms with van der Waals surface area (Å²) in [4.78, 5) is 30.3. The number of nitrogens with zero attached hydrogens (tertiary/aromatic N) is 2. The molecule has 0 N–H and O–H groups in total. The van der Waals surface area contributed by atoms with Crippen LogP contribution in [0.3, 0.4) is 0 Å². The molecule has 2 atom stereocenters. The van der Waals surface area contributed by atoms with E-state index in [0.717, 1.165) is 23.3 Å². The van der Waals surface area contributed by atoms with Crippen molar-refractivity contribution in [2.24, 2.45) is 5.92 Å². The van der Waals surface area contributed by atoms with Crippen LogP contribution in [-0.4, -0.2) is 48.4 Å². The number of hydrogen-bond acceptors (Lipinski definition) is 4. The lowest BCUT2D eigenvalue weighted by Gasteiger charge is -2.45. The summed E-state index contributed by atoms with van der Waals surface area (Å²) in [5.74, 6) is 0.529. The van der Waals surface area contributed by atoms with Crippen LogP contribution in [-0.2, 0) is 0 Å². The van der Waals surface area contributed by atoms with E-state index in [1.165, 1.54) is 45.2 Å². The summed E-state index contributed by atoms with van der Waals surface area (Å²) < 4.78 is -0.0315. The van der Waals surface area contributed by atoms with E-state index in [1.807, 2.05) is 42.3 Å². The summed E-state index contributed by atoms with van der Waals surface area (Å²) in [5.41, 5.74) is 0. The smallest absolute Gasteiger partial charge is 0.263 e. The molecule has 2 saturated heterocycles. The third-order valence-electron chi connectivity index (χ3n) is 5.96. The molecular formula is C21H26N2O2S. The van der Waals surface area contributed by atoms with Gasteiger partial charge in [-0.15, -0.1) is 0 Å². The van der Waals surface area contributed by atoms with Gasteiger partial charge in [0.2, 0.25) is 4.74 Å². The molecule has 1 amide bonds. The van der Waals surface area contributed by atoms with Gasteiger partial charge in [0, 0.05) is 25.0 Å². The molecule has 5 heteroatoms. The lowest BCUT2D eigenvalue weighted by molar-refractivity contribution is 0.0404. The van der Waals surface area contributed by atoms with E-state index < -0.39 is 0 Å². The van der Waals surface area contributed by atoms with E-state index in [1.54, 1.807) is 0 Å². The Morgan fingerprint density at radius 2 is 2.00 bits per heavy atom. The van der Waals surface area contributed by atoms with Crippen LogP contribution in [0, 0.1) is 5.92 Å². The molecular weight excluding hydrogens is 344 g/mol. The normalized spacial score (nSPS) is 23.6. The topological polar surface area (TPSA) is 40.6 Å². The highest BCUT2D eigenvalue weighted by Crippen LogP contribution is 2.31. The molecule has 2 aliphatic rings. The first kappa shape index (κ1) is 17.7. The largest absolute Gasteiger partial charge is 0.341 e. The van der Waals surface area contributed by atoms with Crippen molar-refractivity contribution in [2.75, 3.05) is 26.7 Å². The Bertz CT molecular complexity index is 860. The standard InChI is InChI=1S/C21H26N2O2S/c1-22(14-16-8-6-12-23-11-5-4-10-18(16)23)20(24)19-13-15-7-2-3-9-17(15)21(25)26-19/h2-3,7,9,13,16,18H,4-6,8,10-12,14H2,1H3. The number of hydrogen-bond donors (Lipinski definition) is 0. The average molecular weight is 371 g/mol. The summed E-state index contributed by atoms with van der Waals surface area (Å²) >= 11 is 1.07. The first-order chi connectivity index (χ1) is 12.6. The fourth-order valence-corrected chi connectivity index (χ4v) is 5.58. The fraction of sp³-hybridized carbons (Fsp3) is 0.524. The minimum atomic E-state index is -0.0315. The Labute approximate surface area is 158 Å². The molecule has 2 aliphatic heterocycles. The quantitative estimate of drug-likeness (QED) is 0.829. The minimum Gasteiger partial charge on any atom is -0.341 e. The van der Waals surface area contributed by atoms with Gasteiger partial charge in [0.1, 0.15) is 0 Å². The number of benzene rings is 1. The SMILES string of the molecule is CN(CC1CCCN2CCCCC12)C(=O)c1cc2ccccc2c(=O)s1. The van der Waals surface area contributed by atoms with Crippen LogP contribution >= 0.6 is 11.3 Å². The Balaban J connectivity index is 1.52. The van der Waals surface area contributed by atoms with Crippen LogP contribution in [0.2, 0.25) is 0 Å². The van der Waals surface area contributed by atoms with Gasteiger partial charge in [0.15, 0.2) is 0 Å². The second-order valence-corrected chi connectivity index (χ2v) is 8.69. The van der Waals surface area contributed by atoms with Crippen LogP contribution in [0.15, 0.2) is 35.1 Å². The molecule has 2 fully saturated rings. The van der Waals surface area contributed by atoms with Crippen molar-refractivity contribution in [3.8, 4) is 0 Å². The molecule has 0 aliphatic carbocycles. The second kappa shape index (κ2) is 7.49. The number of carbonyl (C=O) groups excluding carboxylic acids is 1. The molecule has 2 unspecified atom stereocenters. The molecule has 1 aromatic heterocycles. The van der Waals surface area contributed by atoms with Gasteiger partial charge in [-0.3, -0.25) is 9.59 Å². The first-order valence-corrected chi connectivity index (χ1v) is 10.5. The molecule has 4 rings (SSSR count). The van der Waals surface area contributed by atoms with Gasteiger partial charge in [-0.25, -0.2) is 0 Å². The van der Waals surface area contributed by atoms with E-state index in [9.17, 15) is 9.59 Å². The van der Waals surface area contributed by atoms with Gasteiger partial charge in [-0.2, -0.15) is 0 Å². The van der Waals surface area contributed by atoms with E-state index >= 15 is 0 Å². The zero-order valence-electron chi connectivity index (χ0n) is 15.3. The Morgan fingerprint density at radius 3 is 2.88 bits per heavy atom. The lowest BCUT2D eigenvalue weighted by atomic mass is 9.83. The highest BCUT2D eigenvalue weighted by Gasteiger charge is 2.34. The van der Waals surface area contributed by atoms with E-state index in [4.69, 9.17) is 0 Å². The third kappa shape index (κ3) is 3.42. The number of rotatable bonds is 3. The fourth-order valence-electron chi connectivity index (χ4n) is 4.65. The molecule has 4 nitrogen and oxygen atoms in total. The summed E-state index contributed by atoms with van der Waals surface area (Å²) in [5, 5.41) is 1.55. The van der Waals surface area contributed by atoms with Crippen molar-refractivity contribution in [2.45, 2.75) is 38.1 Å². The summed E-state index contributed by atoms with van der Waals surface area (Å²) in [6.07, 6.45) is 6.31. The van der Waals surface area contributed by atoms with Crippen molar-refractivity contribution in [3.63, 3.8) is 0 Å². The minimum absolute atomic E-state index is 0.0224. The summed E-state index contributed by atoms with van der Waals surface area (Å²) in [7, 11) is 1.89. The van der Waals surface area contributed by atoms with Gasteiger partial charge >= 0.3 is 0 Å². The zero-order valence-corrected chi connectivity index (χ0v) is 16.1. The van der Waals surface area contributed by atoms with E-state index in [-0.39, 0.29) is 10.6 Å². The maximum atomic E-state index is 13.0. The van der Waals surface area contributed by atoms with Crippen molar-refractivity contribution >= 4 is 28.0 Å². The Kier molecular flexibility index (Phi) is 5.09. The predicted octanol–water partition coefficient (Wildman–Crippen LogP) is 3.60. The highest BCUT2D eigenvalue weighted by atomic mass is 32.1. The van der Waals surface area contributed by atoms with Crippen molar-refractivity contribution in [1.82, 2.24) is 9.80 Å². The third-order valence-corrected chi connectivity index (χ3v) is 6.88. The van der Waals surface area contributed by atoms with Gasteiger partial charge in [0.25, 0.3) is 5.91 Å². The summed E-state index contributed by atoms with van der Waals surface area (Å²) in [6.45, 7) is 3.21. The number of fused-ring (bicyclic) bond motifs is 2. The summed E-state index contributed by atoms with van der Waals surface area (Å²) in [6, 6.07) is 10.00. The maximum absolute atomic E-state index is 13.0. The van der Waals surface area contributed by atoms with Crippen molar-refractivity contribution in [1.29, 1.82) is 0 Å². The predicted molar refractivity (Wildman–Crippen MR) is 107 cm³/mol. The molecule has 0 spiro atoms. The van der Waals surface area contributed by atoms with Gasteiger partial charge in [0.05, 0.1) is 4.88 Å². The number of piperidine rings is 2. The molecule has 0 saturated carbocycles.